The van der Waals surface area contributed by atoms with Crippen LogP contribution in [0.2, 0.25) is 0 Å². The van der Waals surface area contributed by atoms with Gasteiger partial charge in [-0.3, -0.25) is 4.79 Å². The molecule has 0 bridgehead atoms. The first kappa shape index (κ1) is 21.3. The number of para-hydroxylation sites is 1. The Labute approximate surface area is 170 Å². The number of amides is 1. The highest BCUT2D eigenvalue weighted by Gasteiger charge is 2.28. The average molecular weight is 438 g/mol. The minimum atomic E-state index is -4.02. The van der Waals surface area contributed by atoms with Gasteiger partial charge in [-0.1, -0.05) is 18.2 Å². The molecule has 0 atom stereocenters. The van der Waals surface area contributed by atoms with E-state index in [4.69, 9.17) is 5.14 Å². The summed E-state index contributed by atoms with van der Waals surface area (Å²) in [5, 5.41) is 8.02. The second-order valence-electron chi connectivity index (χ2n) is 7.06. The van der Waals surface area contributed by atoms with Gasteiger partial charge in [0.1, 0.15) is 0 Å². The number of carbonyl (C=O) groups excluding carboxylic acids is 1. The van der Waals surface area contributed by atoms with Crippen LogP contribution in [-0.2, 0) is 24.7 Å². The van der Waals surface area contributed by atoms with Crippen LogP contribution < -0.4 is 15.4 Å². The Bertz CT molecular complexity index is 1110. The van der Waals surface area contributed by atoms with E-state index in [1.807, 2.05) is 35.2 Å². The third-order valence-corrected chi connectivity index (χ3v) is 6.94. The Morgan fingerprint density at radius 1 is 1.03 bits per heavy atom. The van der Waals surface area contributed by atoms with E-state index in [0.717, 1.165) is 18.0 Å². The highest BCUT2D eigenvalue weighted by atomic mass is 32.2. The van der Waals surface area contributed by atoms with Crippen LogP contribution in [0.3, 0.4) is 0 Å². The highest BCUT2D eigenvalue weighted by Crippen LogP contribution is 2.31. The quantitative estimate of drug-likeness (QED) is 0.731. The standard InChI is InChI=1S/C19H23N3O5S2/c1-28(24,25)18-13-16(29(20,26)27)7-8-17(18)22-11-9-14(10-12-22)19(23)21-15-5-3-2-4-6-15/h2-8,13-14H,9-12H2,1H3,(H,21,23)(H2,20,26,27). The first-order chi connectivity index (χ1) is 13.6. The van der Waals surface area contributed by atoms with E-state index < -0.39 is 19.9 Å². The molecule has 1 heterocycles. The third kappa shape index (κ3) is 5.14. The van der Waals surface area contributed by atoms with Crippen LogP contribution in [0.25, 0.3) is 0 Å². The summed E-state index contributed by atoms with van der Waals surface area (Å²) >= 11 is 0. The van der Waals surface area contributed by atoms with Crippen molar-refractivity contribution in [2.75, 3.05) is 29.6 Å². The summed E-state index contributed by atoms with van der Waals surface area (Å²) in [6.45, 7) is 0.953. The van der Waals surface area contributed by atoms with E-state index in [9.17, 15) is 21.6 Å². The van der Waals surface area contributed by atoms with Gasteiger partial charge < -0.3 is 10.2 Å². The SMILES string of the molecule is CS(=O)(=O)c1cc(S(N)(=O)=O)ccc1N1CCC(C(=O)Nc2ccccc2)CC1. The molecule has 1 saturated heterocycles. The number of nitrogens with one attached hydrogen (secondary N) is 1. The number of nitrogens with two attached hydrogens (primary N) is 1. The molecule has 29 heavy (non-hydrogen) atoms. The first-order valence-electron chi connectivity index (χ1n) is 9.03. The van der Waals surface area contributed by atoms with Crippen LogP contribution in [0.1, 0.15) is 12.8 Å². The fourth-order valence-electron chi connectivity index (χ4n) is 3.38. The number of primary sulfonamides is 1. The molecule has 156 valence electrons. The Hall–Kier alpha value is -2.43. The molecule has 0 aromatic heterocycles. The maximum absolute atomic E-state index is 12.5. The normalized spacial score (nSPS) is 15.9. The number of carbonyl (C=O) groups is 1. The lowest BCUT2D eigenvalue weighted by Crippen LogP contribution is -2.38. The van der Waals surface area contributed by atoms with Crippen molar-refractivity contribution < 1.29 is 21.6 Å². The number of piperidine rings is 1. The second-order valence-corrected chi connectivity index (χ2v) is 10.6. The molecule has 1 aliphatic rings. The summed E-state index contributed by atoms with van der Waals surface area (Å²) in [5.41, 5.74) is 1.15. The number of sulfonamides is 1. The van der Waals surface area contributed by atoms with E-state index in [0.29, 0.717) is 31.6 Å². The fourth-order valence-corrected chi connectivity index (χ4v) is 4.91. The van der Waals surface area contributed by atoms with Gasteiger partial charge >= 0.3 is 0 Å². The summed E-state index contributed by atoms with van der Waals surface area (Å²) in [7, 11) is -7.70. The van der Waals surface area contributed by atoms with Crippen LogP contribution in [0, 0.1) is 5.92 Å². The van der Waals surface area contributed by atoms with Gasteiger partial charge in [-0.25, -0.2) is 22.0 Å². The molecular formula is C19H23N3O5S2. The molecule has 2 aromatic rings. The Kier molecular flexibility index (Phi) is 5.97. The van der Waals surface area contributed by atoms with Gasteiger partial charge in [0.15, 0.2) is 9.84 Å². The molecule has 0 saturated carbocycles. The van der Waals surface area contributed by atoms with E-state index in [2.05, 4.69) is 5.32 Å². The number of rotatable bonds is 5. The fraction of sp³-hybridized carbons (Fsp3) is 0.316. The topological polar surface area (TPSA) is 127 Å². The van der Waals surface area contributed by atoms with Crippen LogP contribution >= 0.6 is 0 Å². The molecule has 0 aliphatic carbocycles. The smallest absolute Gasteiger partial charge is 0.238 e. The molecule has 1 amide bonds. The van der Waals surface area contributed by atoms with E-state index >= 15 is 0 Å². The summed E-state index contributed by atoms with van der Waals surface area (Å²) < 4.78 is 47.6. The van der Waals surface area contributed by atoms with Gasteiger partial charge in [-0.2, -0.15) is 0 Å². The zero-order chi connectivity index (χ0) is 21.2. The molecule has 1 aliphatic heterocycles. The van der Waals surface area contributed by atoms with E-state index in [-0.39, 0.29) is 21.6 Å². The zero-order valence-electron chi connectivity index (χ0n) is 15.9. The van der Waals surface area contributed by atoms with Gasteiger partial charge in [0.2, 0.25) is 15.9 Å². The van der Waals surface area contributed by atoms with E-state index in [1.54, 1.807) is 0 Å². The lowest BCUT2D eigenvalue weighted by molar-refractivity contribution is -0.120. The van der Waals surface area contributed by atoms with E-state index in [1.165, 1.54) is 12.1 Å². The summed E-state index contributed by atoms with van der Waals surface area (Å²) in [6.07, 6.45) is 2.14. The Morgan fingerprint density at radius 3 is 2.21 bits per heavy atom. The first-order valence-corrected chi connectivity index (χ1v) is 12.5. The number of nitrogens with zero attached hydrogens (tertiary/aromatic N) is 1. The number of hydrogen-bond donors (Lipinski definition) is 2. The minimum Gasteiger partial charge on any atom is -0.370 e. The predicted octanol–water partition coefficient (Wildman–Crippen LogP) is 1.59. The molecule has 0 radical (unpaired) electrons. The van der Waals surface area contributed by atoms with Crippen LogP contribution in [-0.4, -0.2) is 42.1 Å². The molecule has 10 heteroatoms. The molecule has 1 fully saturated rings. The number of anilines is 2. The maximum atomic E-state index is 12.5. The second kappa shape index (κ2) is 8.13. The average Bonchev–Trinajstić information content (AvgIpc) is 2.67. The molecule has 3 rings (SSSR count). The monoisotopic (exact) mass is 437 g/mol. The van der Waals surface area contributed by atoms with Crippen molar-refractivity contribution in [3.63, 3.8) is 0 Å². The van der Waals surface area contributed by atoms with Gasteiger partial charge in [-0.15, -0.1) is 0 Å². The van der Waals surface area contributed by atoms with Crippen LogP contribution in [0.4, 0.5) is 11.4 Å². The summed E-state index contributed by atoms with van der Waals surface area (Å²) in [5.74, 6) is -0.249. The molecule has 0 unspecified atom stereocenters. The minimum absolute atomic E-state index is 0.0660. The highest BCUT2D eigenvalue weighted by molar-refractivity contribution is 7.91. The van der Waals surface area contributed by atoms with Gasteiger partial charge in [0, 0.05) is 31.0 Å². The van der Waals surface area contributed by atoms with Crippen molar-refractivity contribution in [1.82, 2.24) is 0 Å². The lowest BCUT2D eigenvalue weighted by Gasteiger charge is -2.34. The van der Waals surface area contributed by atoms with Gasteiger partial charge in [0.25, 0.3) is 0 Å². The molecule has 2 aromatic carbocycles. The van der Waals surface area contributed by atoms with Crippen molar-refractivity contribution in [2.24, 2.45) is 11.1 Å². The number of sulfone groups is 1. The lowest BCUT2D eigenvalue weighted by atomic mass is 9.95. The Balaban J connectivity index is 1.76. The number of benzene rings is 2. The summed E-state index contributed by atoms with van der Waals surface area (Å²) in [4.78, 5) is 14.0. The Morgan fingerprint density at radius 2 is 1.66 bits per heavy atom. The van der Waals surface area contributed by atoms with Crippen molar-refractivity contribution in [3.8, 4) is 0 Å². The molecule has 3 N–H and O–H groups in total. The van der Waals surface area contributed by atoms with Gasteiger partial charge in [0.05, 0.1) is 15.5 Å². The van der Waals surface area contributed by atoms with Crippen molar-refractivity contribution in [1.29, 1.82) is 0 Å². The zero-order valence-corrected chi connectivity index (χ0v) is 17.5. The maximum Gasteiger partial charge on any atom is 0.238 e. The molecule has 8 nitrogen and oxygen atoms in total. The van der Waals surface area contributed by atoms with Crippen molar-refractivity contribution >= 4 is 37.1 Å². The van der Waals surface area contributed by atoms with Crippen LogP contribution in [0.5, 0.6) is 0 Å². The van der Waals surface area contributed by atoms with Gasteiger partial charge in [-0.05, 0) is 43.2 Å². The van der Waals surface area contributed by atoms with Crippen molar-refractivity contribution in [2.45, 2.75) is 22.6 Å². The molecular weight excluding hydrogens is 414 g/mol. The third-order valence-electron chi connectivity index (χ3n) is 4.91. The van der Waals surface area contributed by atoms with Crippen molar-refractivity contribution in [3.05, 3.63) is 48.5 Å². The van der Waals surface area contributed by atoms with Crippen LogP contribution in [0.15, 0.2) is 58.3 Å². The number of hydrogen-bond acceptors (Lipinski definition) is 6. The predicted molar refractivity (Wildman–Crippen MR) is 111 cm³/mol. The largest absolute Gasteiger partial charge is 0.370 e. The molecule has 0 spiro atoms. The summed E-state index contributed by atoms with van der Waals surface area (Å²) in [6, 6.07) is 13.0.